The van der Waals surface area contributed by atoms with Gasteiger partial charge in [-0.1, -0.05) is 40.3 Å². The van der Waals surface area contributed by atoms with Gasteiger partial charge in [0.05, 0.1) is 16.9 Å². The summed E-state index contributed by atoms with van der Waals surface area (Å²) in [6.07, 6.45) is 0. The number of nitrogens with two attached hydrogens (primary N) is 1. The molecule has 0 aromatic heterocycles. The van der Waals surface area contributed by atoms with Crippen molar-refractivity contribution in [2.45, 2.75) is 19.9 Å². The van der Waals surface area contributed by atoms with Crippen molar-refractivity contribution in [3.8, 4) is 0 Å². The van der Waals surface area contributed by atoms with Crippen molar-refractivity contribution in [2.24, 2.45) is 11.7 Å². The molecule has 0 fully saturated rings. The van der Waals surface area contributed by atoms with Gasteiger partial charge < -0.3 is 11.1 Å². The molecule has 1 aromatic rings. The van der Waals surface area contributed by atoms with Crippen LogP contribution >= 0.6 is 28.1 Å². The summed E-state index contributed by atoms with van der Waals surface area (Å²) in [5.41, 5.74) is 6.47. The first kappa shape index (κ1) is 14.1. The first-order valence-electron chi connectivity index (χ1n) is 5.27. The minimum absolute atomic E-state index is 0.0626. The Morgan fingerprint density at radius 3 is 2.35 bits per heavy atom. The average molecular weight is 315 g/mol. The normalized spacial score (nSPS) is 13.8. The summed E-state index contributed by atoms with van der Waals surface area (Å²) < 4.78 is 1.01. The maximum atomic E-state index is 11.7. The third-order valence-corrected chi connectivity index (χ3v) is 3.43. The van der Waals surface area contributed by atoms with Gasteiger partial charge in [0, 0.05) is 4.47 Å². The molecular weight excluding hydrogens is 300 g/mol. The van der Waals surface area contributed by atoms with Crippen LogP contribution in [-0.4, -0.2) is 10.9 Å². The van der Waals surface area contributed by atoms with E-state index in [4.69, 9.17) is 18.0 Å². The standard InChI is InChI=1S/C12H15BrN2OS/c1-7(11(14)17)12(16)15-8(2)9-3-5-10(13)6-4-9/h3-8H,1-2H3,(H2,14,17)(H,15,16). The topological polar surface area (TPSA) is 55.1 Å². The van der Waals surface area contributed by atoms with Gasteiger partial charge in [0.2, 0.25) is 5.91 Å². The van der Waals surface area contributed by atoms with Crippen LogP contribution in [0, 0.1) is 5.92 Å². The number of hydrogen-bond acceptors (Lipinski definition) is 2. The highest BCUT2D eigenvalue weighted by Gasteiger charge is 2.17. The zero-order valence-corrected chi connectivity index (χ0v) is 12.1. The lowest BCUT2D eigenvalue weighted by molar-refractivity contribution is -0.123. The molecule has 3 N–H and O–H groups in total. The molecule has 2 unspecified atom stereocenters. The van der Waals surface area contributed by atoms with Crippen molar-refractivity contribution in [3.05, 3.63) is 34.3 Å². The fourth-order valence-corrected chi connectivity index (χ4v) is 1.67. The van der Waals surface area contributed by atoms with Gasteiger partial charge in [0.15, 0.2) is 0 Å². The van der Waals surface area contributed by atoms with E-state index >= 15 is 0 Å². The van der Waals surface area contributed by atoms with Crippen LogP contribution in [0.3, 0.4) is 0 Å². The molecule has 17 heavy (non-hydrogen) atoms. The molecule has 0 aliphatic heterocycles. The van der Waals surface area contributed by atoms with Crippen LogP contribution in [0.4, 0.5) is 0 Å². The molecule has 0 spiro atoms. The lowest BCUT2D eigenvalue weighted by Crippen LogP contribution is -2.37. The fourth-order valence-electron chi connectivity index (χ4n) is 1.30. The third kappa shape index (κ3) is 4.09. The average Bonchev–Trinajstić information content (AvgIpc) is 2.28. The first-order chi connectivity index (χ1) is 7.91. The Morgan fingerprint density at radius 2 is 1.88 bits per heavy atom. The van der Waals surface area contributed by atoms with E-state index in [9.17, 15) is 4.79 Å². The van der Waals surface area contributed by atoms with Crippen LogP contribution in [0.1, 0.15) is 25.5 Å². The van der Waals surface area contributed by atoms with E-state index in [0.717, 1.165) is 10.0 Å². The molecule has 0 saturated carbocycles. The number of carbonyl (C=O) groups is 1. The fraction of sp³-hybridized carbons (Fsp3) is 0.333. The molecule has 0 aliphatic carbocycles. The van der Waals surface area contributed by atoms with E-state index in [0.29, 0.717) is 0 Å². The number of thiocarbonyl (C=S) groups is 1. The summed E-state index contributed by atoms with van der Waals surface area (Å²) in [7, 11) is 0. The maximum Gasteiger partial charge on any atom is 0.230 e. The molecule has 1 rings (SSSR count). The smallest absolute Gasteiger partial charge is 0.230 e. The number of halogens is 1. The zero-order valence-electron chi connectivity index (χ0n) is 9.74. The lowest BCUT2D eigenvalue weighted by Gasteiger charge is -2.17. The third-order valence-electron chi connectivity index (χ3n) is 2.55. The van der Waals surface area contributed by atoms with E-state index in [1.165, 1.54) is 0 Å². The number of benzene rings is 1. The number of amides is 1. The van der Waals surface area contributed by atoms with Gasteiger partial charge in [0.1, 0.15) is 0 Å². The predicted molar refractivity (Wildman–Crippen MR) is 76.6 cm³/mol. The Morgan fingerprint density at radius 1 is 1.35 bits per heavy atom. The quantitative estimate of drug-likeness (QED) is 0.840. The lowest BCUT2D eigenvalue weighted by atomic mass is 10.1. The van der Waals surface area contributed by atoms with Gasteiger partial charge in [-0.3, -0.25) is 4.79 Å². The van der Waals surface area contributed by atoms with Crippen molar-refractivity contribution in [1.82, 2.24) is 5.32 Å². The second-order valence-corrected chi connectivity index (χ2v) is 5.29. The molecule has 1 amide bonds. The molecule has 0 saturated heterocycles. The highest BCUT2D eigenvalue weighted by Crippen LogP contribution is 2.16. The molecular formula is C12H15BrN2OS. The number of rotatable bonds is 4. The Labute approximate surface area is 115 Å². The second-order valence-electron chi connectivity index (χ2n) is 3.91. The Hall–Kier alpha value is -0.940. The van der Waals surface area contributed by atoms with Crippen LogP contribution in [-0.2, 0) is 4.79 Å². The highest BCUT2D eigenvalue weighted by molar-refractivity contribution is 9.10. The van der Waals surface area contributed by atoms with Crippen molar-refractivity contribution >= 4 is 39.0 Å². The molecule has 3 nitrogen and oxygen atoms in total. The molecule has 0 radical (unpaired) electrons. The molecule has 1 aromatic carbocycles. The molecule has 2 atom stereocenters. The number of hydrogen-bond donors (Lipinski definition) is 2. The molecule has 0 aliphatic rings. The first-order valence-corrected chi connectivity index (χ1v) is 6.47. The summed E-state index contributed by atoms with van der Waals surface area (Å²) in [6, 6.07) is 7.73. The largest absolute Gasteiger partial charge is 0.393 e. The Kier molecular flexibility index (Phi) is 5.08. The SMILES string of the molecule is CC(C(=O)NC(C)c1ccc(Br)cc1)C(N)=S. The second kappa shape index (κ2) is 6.12. The Balaban J connectivity index is 2.66. The van der Waals surface area contributed by atoms with Crippen LogP contribution in [0.15, 0.2) is 28.7 Å². The monoisotopic (exact) mass is 314 g/mol. The van der Waals surface area contributed by atoms with E-state index < -0.39 is 5.92 Å². The van der Waals surface area contributed by atoms with E-state index in [2.05, 4.69) is 21.2 Å². The predicted octanol–water partition coefficient (Wildman–Crippen LogP) is 2.55. The number of nitrogens with one attached hydrogen (secondary N) is 1. The van der Waals surface area contributed by atoms with E-state index in [-0.39, 0.29) is 16.9 Å². The van der Waals surface area contributed by atoms with Gasteiger partial charge in [-0.05, 0) is 31.5 Å². The summed E-state index contributed by atoms with van der Waals surface area (Å²) in [5.74, 6) is -0.587. The number of carbonyl (C=O) groups excluding carboxylic acids is 1. The van der Waals surface area contributed by atoms with E-state index in [1.807, 2.05) is 31.2 Å². The summed E-state index contributed by atoms with van der Waals surface area (Å²) in [5, 5.41) is 2.87. The molecule has 0 bridgehead atoms. The summed E-state index contributed by atoms with van der Waals surface area (Å²) in [4.78, 5) is 12.0. The van der Waals surface area contributed by atoms with Crippen LogP contribution in [0.5, 0.6) is 0 Å². The van der Waals surface area contributed by atoms with Crippen molar-refractivity contribution in [1.29, 1.82) is 0 Å². The van der Waals surface area contributed by atoms with Crippen molar-refractivity contribution in [3.63, 3.8) is 0 Å². The van der Waals surface area contributed by atoms with Gasteiger partial charge in [-0.2, -0.15) is 0 Å². The van der Waals surface area contributed by atoms with Gasteiger partial charge in [-0.25, -0.2) is 0 Å². The molecule has 5 heteroatoms. The minimum atomic E-state index is -0.442. The van der Waals surface area contributed by atoms with Crippen LogP contribution < -0.4 is 11.1 Å². The van der Waals surface area contributed by atoms with Crippen LogP contribution in [0.25, 0.3) is 0 Å². The Bertz CT molecular complexity index is 419. The maximum absolute atomic E-state index is 11.7. The van der Waals surface area contributed by atoms with Crippen molar-refractivity contribution < 1.29 is 4.79 Å². The minimum Gasteiger partial charge on any atom is -0.393 e. The van der Waals surface area contributed by atoms with Gasteiger partial charge in [-0.15, -0.1) is 0 Å². The van der Waals surface area contributed by atoms with Crippen molar-refractivity contribution in [2.75, 3.05) is 0 Å². The van der Waals surface area contributed by atoms with E-state index in [1.54, 1.807) is 6.92 Å². The highest BCUT2D eigenvalue weighted by atomic mass is 79.9. The summed E-state index contributed by atoms with van der Waals surface area (Å²) >= 11 is 8.16. The molecule has 0 heterocycles. The summed E-state index contributed by atoms with van der Waals surface area (Å²) in [6.45, 7) is 3.62. The zero-order chi connectivity index (χ0) is 13.0. The van der Waals surface area contributed by atoms with Crippen LogP contribution in [0.2, 0.25) is 0 Å². The van der Waals surface area contributed by atoms with Gasteiger partial charge >= 0.3 is 0 Å². The van der Waals surface area contributed by atoms with Gasteiger partial charge in [0.25, 0.3) is 0 Å². The molecule has 92 valence electrons.